The lowest BCUT2D eigenvalue weighted by atomic mass is 10.1. The van der Waals surface area contributed by atoms with Gasteiger partial charge in [0.25, 0.3) is 5.91 Å². The van der Waals surface area contributed by atoms with E-state index >= 15 is 0 Å². The number of amides is 1. The second-order valence-corrected chi connectivity index (χ2v) is 9.83. The van der Waals surface area contributed by atoms with Crippen LogP contribution in [0.4, 0.5) is 0 Å². The summed E-state index contributed by atoms with van der Waals surface area (Å²) in [5, 5.41) is 5.03. The lowest BCUT2D eigenvalue weighted by molar-refractivity contribution is -0.125. The molecule has 9 nitrogen and oxygen atoms in total. The average molecular weight is 406 g/mol. The maximum atomic E-state index is 12.8. The van der Waals surface area contributed by atoms with E-state index < -0.39 is 27.8 Å². The molecule has 1 aliphatic heterocycles. The summed E-state index contributed by atoms with van der Waals surface area (Å²) in [5.74, 6) is -1.00. The number of nitrogens with zero attached hydrogens (tertiary/aromatic N) is 3. The Bertz CT molecular complexity index is 1090. The van der Waals surface area contributed by atoms with Crippen LogP contribution in [0.1, 0.15) is 59.9 Å². The minimum absolute atomic E-state index is 0.0110. The molecule has 2 fully saturated rings. The molecule has 10 heteroatoms. The smallest absolute Gasteiger partial charge is 0.339 e. The van der Waals surface area contributed by atoms with E-state index in [0.717, 1.165) is 18.5 Å². The molecule has 150 valence electrons. The average Bonchev–Trinajstić information content (AvgIpc) is 3.34. The molecule has 0 aromatic carbocycles. The quantitative estimate of drug-likeness (QED) is 0.732. The number of pyridine rings is 1. The zero-order valence-corrected chi connectivity index (χ0v) is 16.5. The summed E-state index contributed by atoms with van der Waals surface area (Å²) in [7, 11) is -3.10. The molecule has 1 aliphatic carbocycles. The molecule has 0 spiro atoms. The Kier molecular flexibility index (Phi) is 4.40. The summed E-state index contributed by atoms with van der Waals surface area (Å²) < 4.78 is 30.7. The molecule has 2 aliphatic rings. The van der Waals surface area contributed by atoms with Crippen LogP contribution in [0.2, 0.25) is 0 Å². The fraction of sp³-hybridized carbons (Fsp3) is 0.556. The number of primary amides is 1. The van der Waals surface area contributed by atoms with E-state index in [9.17, 15) is 18.0 Å². The summed E-state index contributed by atoms with van der Waals surface area (Å²) in [6.07, 6.45) is 1.37. The molecule has 0 unspecified atom stereocenters. The van der Waals surface area contributed by atoms with Gasteiger partial charge in [0.2, 0.25) is 0 Å². The molecule has 1 saturated heterocycles. The van der Waals surface area contributed by atoms with Crippen LogP contribution in [0.3, 0.4) is 0 Å². The van der Waals surface area contributed by atoms with Gasteiger partial charge in [-0.15, -0.1) is 0 Å². The van der Waals surface area contributed by atoms with Crippen LogP contribution in [0.15, 0.2) is 6.07 Å². The topological polar surface area (TPSA) is 134 Å². The Morgan fingerprint density at radius 3 is 2.61 bits per heavy atom. The first kappa shape index (κ1) is 18.9. The van der Waals surface area contributed by atoms with Gasteiger partial charge in [-0.3, -0.25) is 4.79 Å². The fourth-order valence-electron chi connectivity index (χ4n) is 3.59. The van der Waals surface area contributed by atoms with Crippen molar-refractivity contribution < 1.29 is 22.7 Å². The molecular weight excluding hydrogens is 384 g/mol. The van der Waals surface area contributed by atoms with E-state index in [0.29, 0.717) is 23.1 Å². The molecule has 0 radical (unpaired) electrons. The normalized spacial score (nSPS) is 22.3. The van der Waals surface area contributed by atoms with Crippen LogP contribution in [0, 0.1) is 6.92 Å². The van der Waals surface area contributed by atoms with Gasteiger partial charge < -0.3 is 10.5 Å². The first-order valence-electron chi connectivity index (χ1n) is 9.27. The Labute approximate surface area is 162 Å². The highest BCUT2D eigenvalue weighted by molar-refractivity contribution is 7.91. The number of sulfone groups is 1. The maximum Gasteiger partial charge on any atom is 0.339 e. The Morgan fingerprint density at radius 2 is 2.04 bits per heavy atom. The molecule has 3 heterocycles. The SMILES string of the molecule is Cc1nn([C@H]2CCS(=O)(=O)C2)c2nc(C3CC3)cc(C(=O)O[C@H](C)C(N)=O)c12. The third-order valence-electron chi connectivity index (χ3n) is 5.31. The number of esters is 1. The van der Waals surface area contributed by atoms with Crippen molar-refractivity contribution in [2.45, 2.75) is 51.2 Å². The van der Waals surface area contributed by atoms with Crippen molar-refractivity contribution in [1.29, 1.82) is 0 Å². The van der Waals surface area contributed by atoms with Crippen molar-refractivity contribution in [3.05, 3.63) is 23.0 Å². The second kappa shape index (κ2) is 6.54. The number of fused-ring (bicyclic) bond motifs is 1. The minimum Gasteiger partial charge on any atom is -0.449 e. The van der Waals surface area contributed by atoms with Crippen LogP contribution in [0.5, 0.6) is 0 Å². The first-order chi connectivity index (χ1) is 13.2. The third-order valence-corrected chi connectivity index (χ3v) is 7.06. The summed E-state index contributed by atoms with van der Waals surface area (Å²) >= 11 is 0. The zero-order chi connectivity index (χ0) is 20.2. The van der Waals surface area contributed by atoms with Crippen LogP contribution in [-0.4, -0.2) is 52.7 Å². The van der Waals surface area contributed by atoms with Gasteiger partial charge in [-0.05, 0) is 39.2 Å². The lowest BCUT2D eigenvalue weighted by Crippen LogP contribution is -2.30. The van der Waals surface area contributed by atoms with E-state index in [1.54, 1.807) is 17.7 Å². The van der Waals surface area contributed by atoms with Crippen molar-refractivity contribution >= 4 is 32.7 Å². The number of nitrogens with two attached hydrogens (primary N) is 1. The Morgan fingerprint density at radius 1 is 1.32 bits per heavy atom. The summed E-state index contributed by atoms with van der Waals surface area (Å²) in [5.41, 5.74) is 7.29. The monoisotopic (exact) mass is 406 g/mol. The van der Waals surface area contributed by atoms with E-state index in [1.165, 1.54) is 6.92 Å². The highest BCUT2D eigenvalue weighted by Gasteiger charge is 2.34. The molecule has 1 amide bonds. The molecule has 28 heavy (non-hydrogen) atoms. The predicted molar refractivity (Wildman–Crippen MR) is 101 cm³/mol. The Hall–Kier alpha value is -2.49. The van der Waals surface area contributed by atoms with Gasteiger partial charge in [0.1, 0.15) is 0 Å². The van der Waals surface area contributed by atoms with Crippen molar-refractivity contribution in [3.8, 4) is 0 Å². The number of hydrogen-bond donors (Lipinski definition) is 1. The number of hydrogen-bond acceptors (Lipinski definition) is 7. The van der Waals surface area contributed by atoms with Gasteiger partial charge >= 0.3 is 5.97 Å². The molecule has 2 atom stereocenters. The highest BCUT2D eigenvalue weighted by atomic mass is 32.2. The van der Waals surface area contributed by atoms with Crippen LogP contribution >= 0.6 is 0 Å². The molecule has 2 aromatic rings. The minimum atomic E-state index is -3.10. The van der Waals surface area contributed by atoms with Crippen molar-refractivity contribution in [3.63, 3.8) is 0 Å². The molecular formula is C18H22N4O5S. The summed E-state index contributed by atoms with van der Waals surface area (Å²) in [6.45, 7) is 3.16. The van der Waals surface area contributed by atoms with Crippen molar-refractivity contribution in [2.75, 3.05) is 11.5 Å². The van der Waals surface area contributed by atoms with Crippen molar-refractivity contribution in [2.24, 2.45) is 5.73 Å². The predicted octanol–water partition coefficient (Wildman–Crippen LogP) is 1.01. The van der Waals surface area contributed by atoms with E-state index in [4.69, 9.17) is 15.5 Å². The van der Waals surface area contributed by atoms with Gasteiger partial charge in [0.15, 0.2) is 21.6 Å². The van der Waals surface area contributed by atoms with Crippen LogP contribution < -0.4 is 5.73 Å². The number of carbonyl (C=O) groups is 2. The fourth-order valence-corrected chi connectivity index (χ4v) is 5.28. The first-order valence-corrected chi connectivity index (χ1v) is 11.1. The standard InChI is InChI=1S/C18H22N4O5S/c1-9-15-13(18(24)27-10(2)16(19)23)7-14(11-3-4-11)20-17(15)22(21-9)12-5-6-28(25,26)8-12/h7,10-12H,3-6,8H2,1-2H3,(H2,19,23)/t10-,12+/m1/s1. The molecule has 4 rings (SSSR count). The van der Waals surface area contributed by atoms with Crippen molar-refractivity contribution in [1.82, 2.24) is 14.8 Å². The van der Waals surface area contributed by atoms with E-state index in [-0.39, 0.29) is 29.0 Å². The number of rotatable bonds is 5. The third kappa shape index (κ3) is 3.36. The van der Waals surface area contributed by atoms with Gasteiger partial charge in [-0.25, -0.2) is 22.9 Å². The highest BCUT2D eigenvalue weighted by Crippen LogP contribution is 2.41. The van der Waals surface area contributed by atoms with E-state index in [2.05, 4.69) is 5.10 Å². The van der Waals surface area contributed by atoms with Crippen LogP contribution in [-0.2, 0) is 19.4 Å². The number of ether oxygens (including phenoxy) is 1. The maximum absolute atomic E-state index is 12.8. The number of carbonyl (C=O) groups excluding carboxylic acids is 2. The molecule has 1 saturated carbocycles. The summed E-state index contributed by atoms with van der Waals surface area (Å²) in [4.78, 5) is 28.8. The number of aryl methyl sites for hydroxylation is 1. The van der Waals surface area contributed by atoms with E-state index in [1.807, 2.05) is 0 Å². The molecule has 0 bridgehead atoms. The van der Waals surface area contributed by atoms with Gasteiger partial charge in [0.05, 0.1) is 34.2 Å². The summed E-state index contributed by atoms with van der Waals surface area (Å²) in [6, 6.07) is 1.39. The van der Waals surface area contributed by atoms with Gasteiger partial charge in [-0.1, -0.05) is 0 Å². The number of aromatic nitrogens is 3. The Balaban J connectivity index is 1.83. The lowest BCUT2D eigenvalue weighted by Gasteiger charge is -2.13. The van der Waals surface area contributed by atoms with Gasteiger partial charge in [-0.2, -0.15) is 5.10 Å². The molecule has 2 aromatic heterocycles. The van der Waals surface area contributed by atoms with Gasteiger partial charge in [0, 0.05) is 11.6 Å². The molecule has 2 N–H and O–H groups in total. The largest absolute Gasteiger partial charge is 0.449 e. The van der Waals surface area contributed by atoms with Crippen LogP contribution in [0.25, 0.3) is 11.0 Å². The zero-order valence-electron chi connectivity index (χ0n) is 15.7. The second-order valence-electron chi connectivity index (χ2n) is 7.60.